The first kappa shape index (κ1) is 18.0. The lowest BCUT2D eigenvalue weighted by Crippen LogP contribution is -2.04. The monoisotopic (exact) mass is 380 g/mol. The first-order valence-electron chi connectivity index (χ1n) is 8.83. The zero-order valence-corrected chi connectivity index (χ0v) is 15.6. The van der Waals surface area contributed by atoms with Crippen LogP contribution in [0, 0.1) is 18.6 Å². The Bertz CT molecular complexity index is 1150. The van der Waals surface area contributed by atoms with E-state index < -0.39 is 11.6 Å². The molecule has 0 fully saturated rings. The van der Waals surface area contributed by atoms with Crippen LogP contribution in [0.15, 0.2) is 42.7 Å². The highest BCUT2D eigenvalue weighted by atomic mass is 19.1. The van der Waals surface area contributed by atoms with E-state index >= 15 is 0 Å². The quantitative estimate of drug-likeness (QED) is 0.551. The van der Waals surface area contributed by atoms with Crippen molar-refractivity contribution in [2.24, 2.45) is 0 Å². The van der Waals surface area contributed by atoms with Crippen molar-refractivity contribution in [2.45, 2.75) is 26.8 Å². The Kier molecular flexibility index (Phi) is 4.46. The van der Waals surface area contributed by atoms with E-state index in [1.54, 1.807) is 30.5 Å². The average Bonchev–Trinajstić information content (AvgIpc) is 3.01. The number of rotatable bonds is 4. The van der Waals surface area contributed by atoms with Gasteiger partial charge in [0.15, 0.2) is 11.6 Å². The molecule has 8 heteroatoms. The van der Waals surface area contributed by atoms with Crippen molar-refractivity contribution in [2.75, 3.05) is 5.32 Å². The first-order chi connectivity index (χ1) is 13.4. The molecule has 0 unspecified atom stereocenters. The smallest absolute Gasteiger partial charge is 0.229 e. The molecule has 142 valence electrons. The molecule has 3 heterocycles. The summed E-state index contributed by atoms with van der Waals surface area (Å²) in [6, 6.07) is 8.35. The van der Waals surface area contributed by atoms with Gasteiger partial charge >= 0.3 is 0 Å². The van der Waals surface area contributed by atoms with Gasteiger partial charge in [-0.15, -0.1) is 0 Å². The standard InChI is InChI=1S/C20H18F2N6/c1-11(2)28-12(3)25-19-14(21)8-13(9-16(19)28)18-15(22)10-24-20(27-18)26-17-6-4-5-7-23-17/h4-11H,1-3H3,(H,23,24,26,27). The molecule has 3 aromatic heterocycles. The number of nitrogens with one attached hydrogen (secondary N) is 1. The molecule has 0 spiro atoms. The van der Waals surface area contributed by atoms with Crippen LogP contribution in [-0.2, 0) is 0 Å². The Balaban J connectivity index is 1.83. The third kappa shape index (κ3) is 3.17. The minimum atomic E-state index is -0.641. The third-order valence-corrected chi connectivity index (χ3v) is 4.36. The summed E-state index contributed by atoms with van der Waals surface area (Å²) in [5.41, 5.74) is 1.18. The summed E-state index contributed by atoms with van der Waals surface area (Å²) < 4.78 is 31.1. The molecule has 0 aliphatic carbocycles. The number of aryl methyl sites for hydroxylation is 1. The number of hydrogen-bond acceptors (Lipinski definition) is 5. The molecule has 0 bridgehead atoms. The van der Waals surface area contributed by atoms with Gasteiger partial charge in [-0.05, 0) is 45.0 Å². The molecule has 1 N–H and O–H groups in total. The Labute approximate surface area is 160 Å². The zero-order valence-electron chi connectivity index (χ0n) is 15.6. The lowest BCUT2D eigenvalue weighted by atomic mass is 10.1. The van der Waals surface area contributed by atoms with Crippen LogP contribution in [-0.4, -0.2) is 24.5 Å². The Morgan fingerprint density at radius 3 is 2.57 bits per heavy atom. The second-order valence-electron chi connectivity index (χ2n) is 6.68. The van der Waals surface area contributed by atoms with E-state index in [0.717, 1.165) is 6.20 Å². The highest BCUT2D eigenvalue weighted by Crippen LogP contribution is 2.30. The molecule has 6 nitrogen and oxygen atoms in total. The summed E-state index contributed by atoms with van der Waals surface area (Å²) in [7, 11) is 0. The summed E-state index contributed by atoms with van der Waals surface area (Å²) in [4.78, 5) is 16.6. The van der Waals surface area contributed by atoms with Crippen LogP contribution in [0.25, 0.3) is 22.3 Å². The SMILES string of the molecule is Cc1nc2c(F)cc(-c3nc(Nc4ccccn4)ncc3F)cc2n1C(C)C. The number of benzene rings is 1. The van der Waals surface area contributed by atoms with Crippen LogP contribution in [0.4, 0.5) is 20.5 Å². The fraction of sp³-hybridized carbons (Fsp3) is 0.200. The average molecular weight is 380 g/mol. The summed E-state index contributed by atoms with van der Waals surface area (Å²) in [6.45, 7) is 5.79. The number of halogens is 2. The Morgan fingerprint density at radius 2 is 1.86 bits per heavy atom. The van der Waals surface area contributed by atoms with Crippen LogP contribution in [0.3, 0.4) is 0 Å². The van der Waals surface area contributed by atoms with Gasteiger partial charge in [0.2, 0.25) is 5.95 Å². The Hall–Kier alpha value is -3.42. The van der Waals surface area contributed by atoms with Gasteiger partial charge in [0.25, 0.3) is 0 Å². The number of anilines is 2. The molecule has 0 saturated heterocycles. The predicted molar refractivity (Wildman–Crippen MR) is 103 cm³/mol. The van der Waals surface area contributed by atoms with Crippen LogP contribution in [0.1, 0.15) is 25.7 Å². The number of hydrogen-bond donors (Lipinski definition) is 1. The van der Waals surface area contributed by atoms with Gasteiger partial charge < -0.3 is 9.88 Å². The van der Waals surface area contributed by atoms with Gasteiger partial charge in [0.05, 0.1) is 11.7 Å². The van der Waals surface area contributed by atoms with Crippen molar-refractivity contribution < 1.29 is 8.78 Å². The van der Waals surface area contributed by atoms with E-state index in [-0.39, 0.29) is 23.2 Å². The molecular formula is C20H18F2N6. The Morgan fingerprint density at radius 1 is 1.04 bits per heavy atom. The van der Waals surface area contributed by atoms with E-state index in [1.807, 2.05) is 25.3 Å². The molecule has 4 aromatic rings. The number of aromatic nitrogens is 5. The van der Waals surface area contributed by atoms with Gasteiger partial charge in [0, 0.05) is 17.8 Å². The van der Waals surface area contributed by atoms with Crippen LogP contribution >= 0.6 is 0 Å². The molecule has 4 rings (SSSR count). The second-order valence-corrected chi connectivity index (χ2v) is 6.68. The zero-order chi connectivity index (χ0) is 19.8. The molecule has 0 aliphatic rings. The summed E-state index contributed by atoms with van der Waals surface area (Å²) >= 11 is 0. The van der Waals surface area contributed by atoms with Crippen LogP contribution in [0.2, 0.25) is 0 Å². The second kappa shape index (κ2) is 6.95. The molecule has 0 aliphatic heterocycles. The fourth-order valence-electron chi connectivity index (χ4n) is 3.24. The molecule has 1 aromatic carbocycles. The molecule has 0 saturated carbocycles. The minimum absolute atomic E-state index is 0.00314. The van der Waals surface area contributed by atoms with E-state index in [9.17, 15) is 8.78 Å². The highest BCUT2D eigenvalue weighted by Gasteiger charge is 2.18. The van der Waals surface area contributed by atoms with Crippen molar-refractivity contribution in [1.82, 2.24) is 24.5 Å². The van der Waals surface area contributed by atoms with Crippen molar-refractivity contribution >= 4 is 22.8 Å². The first-order valence-corrected chi connectivity index (χ1v) is 8.83. The summed E-state index contributed by atoms with van der Waals surface area (Å²) in [5, 5.41) is 2.92. The molecule has 28 heavy (non-hydrogen) atoms. The summed E-state index contributed by atoms with van der Waals surface area (Å²) in [5.74, 6) is 0.228. The van der Waals surface area contributed by atoms with Crippen LogP contribution in [0.5, 0.6) is 0 Å². The van der Waals surface area contributed by atoms with E-state index in [4.69, 9.17) is 0 Å². The largest absolute Gasteiger partial charge is 0.326 e. The molecule has 0 atom stereocenters. The van der Waals surface area contributed by atoms with Gasteiger partial charge in [-0.3, -0.25) is 0 Å². The fourth-order valence-corrected chi connectivity index (χ4v) is 3.24. The van der Waals surface area contributed by atoms with E-state index in [2.05, 4.69) is 25.3 Å². The maximum Gasteiger partial charge on any atom is 0.229 e. The highest BCUT2D eigenvalue weighted by molar-refractivity contribution is 5.83. The maximum atomic E-state index is 14.7. The van der Waals surface area contributed by atoms with Crippen molar-refractivity contribution in [3.8, 4) is 11.3 Å². The minimum Gasteiger partial charge on any atom is -0.326 e. The number of pyridine rings is 1. The predicted octanol–water partition coefficient (Wildman–Crippen LogP) is 4.80. The van der Waals surface area contributed by atoms with Crippen LogP contribution < -0.4 is 5.32 Å². The number of nitrogens with zero attached hydrogens (tertiary/aromatic N) is 5. The normalized spacial score (nSPS) is 11.4. The number of fused-ring (bicyclic) bond motifs is 1. The lowest BCUT2D eigenvalue weighted by molar-refractivity contribution is 0.600. The lowest BCUT2D eigenvalue weighted by Gasteiger charge is -2.12. The van der Waals surface area contributed by atoms with Crippen molar-refractivity contribution in [3.63, 3.8) is 0 Å². The van der Waals surface area contributed by atoms with E-state index in [0.29, 0.717) is 22.7 Å². The van der Waals surface area contributed by atoms with Gasteiger partial charge in [0.1, 0.15) is 22.9 Å². The van der Waals surface area contributed by atoms with Gasteiger partial charge in [-0.2, -0.15) is 0 Å². The molecule has 0 amide bonds. The van der Waals surface area contributed by atoms with Crippen molar-refractivity contribution in [3.05, 3.63) is 60.2 Å². The van der Waals surface area contributed by atoms with Gasteiger partial charge in [-0.25, -0.2) is 28.7 Å². The molecular weight excluding hydrogens is 362 g/mol. The number of imidazole rings is 1. The maximum absolute atomic E-state index is 14.7. The van der Waals surface area contributed by atoms with Crippen molar-refractivity contribution in [1.29, 1.82) is 0 Å². The van der Waals surface area contributed by atoms with Gasteiger partial charge in [-0.1, -0.05) is 6.07 Å². The molecule has 0 radical (unpaired) electrons. The third-order valence-electron chi connectivity index (χ3n) is 4.36. The van der Waals surface area contributed by atoms with E-state index in [1.165, 1.54) is 6.07 Å². The topological polar surface area (TPSA) is 68.5 Å². The summed E-state index contributed by atoms with van der Waals surface area (Å²) in [6.07, 6.45) is 2.67.